The summed E-state index contributed by atoms with van der Waals surface area (Å²) in [6, 6.07) is 0. The van der Waals surface area contributed by atoms with Gasteiger partial charge in [-0.3, -0.25) is 4.79 Å². The molecule has 1 fully saturated rings. The van der Waals surface area contributed by atoms with Gasteiger partial charge in [0, 0.05) is 19.5 Å². The molecule has 1 saturated heterocycles. The van der Waals surface area contributed by atoms with Gasteiger partial charge in [-0.1, -0.05) is 25.0 Å². The average Bonchev–Trinajstić information content (AvgIpc) is 2.58. The lowest BCUT2D eigenvalue weighted by Crippen LogP contribution is -2.32. The summed E-state index contributed by atoms with van der Waals surface area (Å²) in [5.74, 6) is 0.911. The number of allylic oxidation sites excluding steroid dienone is 2. The fourth-order valence-corrected chi connectivity index (χ4v) is 2.54. The Balaban J connectivity index is 1.80. The Kier molecular flexibility index (Phi) is 3.81. The summed E-state index contributed by atoms with van der Waals surface area (Å²) < 4.78 is 0. The van der Waals surface area contributed by atoms with Gasteiger partial charge in [-0.2, -0.15) is 0 Å². The van der Waals surface area contributed by atoms with E-state index in [4.69, 9.17) is 0 Å². The number of carbonyl (C=O) groups excluding carboxylic acids is 1. The van der Waals surface area contributed by atoms with E-state index in [1.165, 1.54) is 32.1 Å². The Hall–Kier alpha value is -0.790. The zero-order valence-corrected chi connectivity index (χ0v) is 9.45. The molecule has 1 unspecified atom stereocenters. The van der Waals surface area contributed by atoms with Crippen molar-refractivity contribution in [1.82, 2.24) is 4.90 Å². The van der Waals surface area contributed by atoms with E-state index in [0.29, 0.717) is 11.8 Å². The number of amides is 1. The third-order valence-corrected chi connectivity index (χ3v) is 3.51. The molecule has 0 radical (unpaired) electrons. The molecule has 0 aromatic heterocycles. The largest absolute Gasteiger partial charge is 0.343 e. The number of carbonyl (C=O) groups is 1. The van der Waals surface area contributed by atoms with E-state index in [1.54, 1.807) is 0 Å². The first kappa shape index (κ1) is 10.7. The van der Waals surface area contributed by atoms with Gasteiger partial charge in [-0.25, -0.2) is 0 Å². The average molecular weight is 207 g/mol. The lowest BCUT2D eigenvalue weighted by atomic mass is 10.0. The second kappa shape index (κ2) is 5.34. The third-order valence-electron chi connectivity index (χ3n) is 3.51. The van der Waals surface area contributed by atoms with E-state index in [1.807, 2.05) is 0 Å². The van der Waals surface area contributed by atoms with Crippen LogP contribution in [0.2, 0.25) is 0 Å². The summed E-state index contributed by atoms with van der Waals surface area (Å²) in [6.07, 6.45) is 12.5. The van der Waals surface area contributed by atoms with Crippen LogP contribution in [-0.4, -0.2) is 23.9 Å². The van der Waals surface area contributed by atoms with Crippen LogP contribution in [0.5, 0.6) is 0 Å². The van der Waals surface area contributed by atoms with Gasteiger partial charge in [-0.15, -0.1) is 0 Å². The number of rotatable bonds is 2. The van der Waals surface area contributed by atoms with Crippen molar-refractivity contribution in [3.05, 3.63) is 12.2 Å². The standard InChI is InChI=1S/C13H21NO/c15-13(11-12-7-3-4-8-12)14-9-5-1-2-6-10-14/h3,7,12H,1-2,4-6,8-11H2. The summed E-state index contributed by atoms with van der Waals surface area (Å²) in [6.45, 7) is 1.99. The highest BCUT2D eigenvalue weighted by Crippen LogP contribution is 2.22. The molecule has 1 atom stereocenters. The molecule has 2 nitrogen and oxygen atoms in total. The van der Waals surface area contributed by atoms with Gasteiger partial charge in [0.25, 0.3) is 0 Å². The topological polar surface area (TPSA) is 20.3 Å². The highest BCUT2D eigenvalue weighted by Gasteiger charge is 2.19. The van der Waals surface area contributed by atoms with Crippen molar-refractivity contribution in [2.24, 2.45) is 5.92 Å². The number of hydrogen-bond acceptors (Lipinski definition) is 1. The molecular formula is C13H21NO. The molecule has 2 rings (SSSR count). The molecule has 2 aliphatic rings. The van der Waals surface area contributed by atoms with Gasteiger partial charge in [0.1, 0.15) is 0 Å². The van der Waals surface area contributed by atoms with Crippen molar-refractivity contribution in [3.63, 3.8) is 0 Å². The van der Waals surface area contributed by atoms with Crippen LogP contribution in [0.3, 0.4) is 0 Å². The van der Waals surface area contributed by atoms with Crippen molar-refractivity contribution in [2.75, 3.05) is 13.1 Å². The maximum atomic E-state index is 12.0. The molecule has 84 valence electrons. The first-order valence-corrected chi connectivity index (χ1v) is 6.31. The highest BCUT2D eigenvalue weighted by molar-refractivity contribution is 5.76. The lowest BCUT2D eigenvalue weighted by Gasteiger charge is -2.21. The second-order valence-corrected chi connectivity index (χ2v) is 4.76. The summed E-state index contributed by atoms with van der Waals surface area (Å²) in [4.78, 5) is 14.1. The van der Waals surface area contributed by atoms with E-state index in [0.717, 1.165) is 25.9 Å². The van der Waals surface area contributed by atoms with E-state index < -0.39 is 0 Å². The lowest BCUT2D eigenvalue weighted by molar-refractivity contribution is -0.131. The monoisotopic (exact) mass is 207 g/mol. The second-order valence-electron chi connectivity index (χ2n) is 4.76. The normalized spacial score (nSPS) is 26.7. The van der Waals surface area contributed by atoms with Gasteiger partial charge in [-0.05, 0) is 31.6 Å². The number of hydrogen-bond donors (Lipinski definition) is 0. The Morgan fingerprint density at radius 3 is 2.53 bits per heavy atom. The van der Waals surface area contributed by atoms with E-state index in [-0.39, 0.29) is 0 Å². The van der Waals surface area contributed by atoms with E-state index in [2.05, 4.69) is 17.1 Å². The van der Waals surface area contributed by atoms with Crippen molar-refractivity contribution >= 4 is 5.91 Å². The minimum Gasteiger partial charge on any atom is -0.343 e. The Bertz CT molecular complexity index is 239. The van der Waals surface area contributed by atoms with Crippen molar-refractivity contribution < 1.29 is 4.79 Å². The molecule has 0 saturated carbocycles. The van der Waals surface area contributed by atoms with Crippen LogP contribution in [0.25, 0.3) is 0 Å². The first-order chi connectivity index (χ1) is 7.36. The first-order valence-electron chi connectivity index (χ1n) is 6.31. The smallest absolute Gasteiger partial charge is 0.223 e. The van der Waals surface area contributed by atoms with Gasteiger partial charge >= 0.3 is 0 Å². The molecule has 0 aromatic rings. The molecule has 1 aliphatic carbocycles. The number of nitrogens with zero attached hydrogens (tertiary/aromatic N) is 1. The molecule has 1 heterocycles. The summed E-state index contributed by atoms with van der Waals surface area (Å²) in [5, 5.41) is 0. The van der Waals surface area contributed by atoms with Gasteiger partial charge in [0.05, 0.1) is 0 Å². The van der Waals surface area contributed by atoms with Crippen molar-refractivity contribution in [1.29, 1.82) is 0 Å². The summed E-state index contributed by atoms with van der Waals surface area (Å²) in [7, 11) is 0. The molecule has 0 N–H and O–H groups in total. The van der Waals surface area contributed by atoms with Gasteiger partial charge < -0.3 is 4.90 Å². The Morgan fingerprint density at radius 2 is 1.93 bits per heavy atom. The van der Waals surface area contributed by atoms with Crippen LogP contribution in [-0.2, 0) is 4.79 Å². The molecule has 0 aromatic carbocycles. The molecule has 1 aliphatic heterocycles. The quantitative estimate of drug-likeness (QED) is 0.638. The summed E-state index contributed by atoms with van der Waals surface area (Å²) in [5.41, 5.74) is 0. The molecule has 0 spiro atoms. The Morgan fingerprint density at radius 1 is 1.20 bits per heavy atom. The zero-order valence-electron chi connectivity index (χ0n) is 9.45. The van der Waals surface area contributed by atoms with Crippen LogP contribution in [0.4, 0.5) is 0 Å². The van der Waals surface area contributed by atoms with Crippen LogP contribution >= 0.6 is 0 Å². The molecule has 0 bridgehead atoms. The van der Waals surface area contributed by atoms with Crippen LogP contribution in [0.15, 0.2) is 12.2 Å². The number of likely N-dealkylation sites (tertiary alicyclic amines) is 1. The van der Waals surface area contributed by atoms with E-state index in [9.17, 15) is 4.79 Å². The molecular weight excluding hydrogens is 186 g/mol. The molecule has 15 heavy (non-hydrogen) atoms. The van der Waals surface area contributed by atoms with Crippen LogP contribution in [0, 0.1) is 5.92 Å². The molecule has 2 heteroatoms. The van der Waals surface area contributed by atoms with E-state index >= 15 is 0 Å². The van der Waals surface area contributed by atoms with Crippen molar-refractivity contribution in [2.45, 2.75) is 44.9 Å². The minimum absolute atomic E-state index is 0.383. The Labute approximate surface area is 92.3 Å². The van der Waals surface area contributed by atoms with Gasteiger partial charge in [0.2, 0.25) is 5.91 Å². The van der Waals surface area contributed by atoms with Gasteiger partial charge in [0.15, 0.2) is 0 Å². The fraction of sp³-hybridized carbons (Fsp3) is 0.769. The maximum absolute atomic E-state index is 12.0. The predicted molar refractivity (Wildman–Crippen MR) is 61.5 cm³/mol. The summed E-state index contributed by atoms with van der Waals surface area (Å²) >= 11 is 0. The van der Waals surface area contributed by atoms with Crippen LogP contribution < -0.4 is 0 Å². The minimum atomic E-state index is 0.383. The SMILES string of the molecule is O=C(CC1C=CCC1)N1CCCCCC1. The predicted octanol–water partition coefficient (Wildman–Crippen LogP) is 2.75. The third kappa shape index (κ3) is 3.08. The zero-order chi connectivity index (χ0) is 10.5. The highest BCUT2D eigenvalue weighted by atomic mass is 16.2. The van der Waals surface area contributed by atoms with Crippen molar-refractivity contribution in [3.8, 4) is 0 Å². The maximum Gasteiger partial charge on any atom is 0.223 e. The molecule has 1 amide bonds. The van der Waals surface area contributed by atoms with Crippen LogP contribution in [0.1, 0.15) is 44.9 Å². The fourth-order valence-electron chi connectivity index (χ4n) is 2.54.